The number of rotatable bonds is 0. The van der Waals surface area contributed by atoms with E-state index < -0.39 is 11.9 Å². The van der Waals surface area contributed by atoms with E-state index in [0.717, 1.165) is 10.5 Å². The van der Waals surface area contributed by atoms with Gasteiger partial charge in [0.1, 0.15) is 11.7 Å². The molecule has 3 rings (SSSR count). The van der Waals surface area contributed by atoms with Gasteiger partial charge in [0.15, 0.2) is 5.78 Å². The number of Topliss-reactive ketones (excluding diaryl/α,β-unsaturated/α-hetero) is 1. The first-order chi connectivity index (χ1) is 8.18. The predicted molar refractivity (Wildman–Crippen MR) is 64.3 cm³/mol. The Labute approximate surface area is 103 Å². The molecule has 1 aromatic carbocycles. The standard InChI is InChI=1S/C13H10O3S/c1-7-11(14)9-6-17-10-5-3-2-4-8(10)12(9)16-13(7)15/h2-5,7H,6H2,1H3. The minimum Gasteiger partial charge on any atom is -0.425 e. The Morgan fingerprint density at radius 3 is 2.88 bits per heavy atom. The van der Waals surface area contributed by atoms with Gasteiger partial charge in [-0.15, -0.1) is 11.8 Å². The second-order valence-corrected chi connectivity index (χ2v) is 5.12. The van der Waals surface area contributed by atoms with Crippen LogP contribution in [0.4, 0.5) is 0 Å². The first-order valence-corrected chi connectivity index (χ1v) is 6.38. The lowest BCUT2D eigenvalue weighted by Gasteiger charge is -2.27. The summed E-state index contributed by atoms with van der Waals surface area (Å²) in [6.45, 7) is 1.60. The highest BCUT2D eigenvalue weighted by Gasteiger charge is 2.37. The molecule has 0 aliphatic carbocycles. The summed E-state index contributed by atoms with van der Waals surface area (Å²) in [5.74, 6) is -0.163. The van der Waals surface area contributed by atoms with Crippen LogP contribution < -0.4 is 0 Å². The van der Waals surface area contributed by atoms with Gasteiger partial charge in [-0.2, -0.15) is 0 Å². The molecule has 0 N–H and O–H groups in total. The second kappa shape index (κ2) is 3.74. The monoisotopic (exact) mass is 246 g/mol. The summed E-state index contributed by atoms with van der Waals surface area (Å²) in [6, 6.07) is 7.67. The Bertz CT molecular complexity index is 560. The summed E-state index contributed by atoms with van der Waals surface area (Å²) in [7, 11) is 0. The predicted octanol–water partition coefficient (Wildman–Crippen LogP) is 2.27. The Morgan fingerprint density at radius 2 is 2.06 bits per heavy atom. The Hall–Kier alpha value is -1.55. The van der Waals surface area contributed by atoms with Crippen molar-refractivity contribution in [2.24, 2.45) is 5.92 Å². The minimum absolute atomic E-state index is 0.0988. The van der Waals surface area contributed by atoms with Gasteiger partial charge in [-0.25, -0.2) is 0 Å². The van der Waals surface area contributed by atoms with Crippen LogP contribution in [-0.4, -0.2) is 17.5 Å². The topological polar surface area (TPSA) is 43.4 Å². The number of thioether (sulfide) groups is 1. The van der Waals surface area contributed by atoms with Gasteiger partial charge in [0, 0.05) is 21.8 Å². The molecular weight excluding hydrogens is 236 g/mol. The van der Waals surface area contributed by atoms with Crippen molar-refractivity contribution < 1.29 is 14.3 Å². The van der Waals surface area contributed by atoms with Gasteiger partial charge in [-0.05, 0) is 13.0 Å². The summed E-state index contributed by atoms with van der Waals surface area (Å²) in [4.78, 5) is 24.6. The average Bonchev–Trinajstić information content (AvgIpc) is 2.36. The van der Waals surface area contributed by atoms with Crippen molar-refractivity contribution >= 4 is 29.3 Å². The van der Waals surface area contributed by atoms with Crippen molar-refractivity contribution in [2.45, 2.75) is 11.8 Å². The van der Waals surface area contributed by atoms with Gasteiger partial charge < -0.3 is 4.74 Å². The molecule has 3 nitrogen and oxygen atoms in total. The summed E-state index contributed by atoms with van der Waals surface area (Å²) < 4.78 is 5.31. The molecule has 1 aromatic rings. The molecule has 0 saturated heterocycles. The lowest BCUT2D eigenvalue weighted by atomic mass is 9.94. The molecule has 17 heavy (non-hydrogen) atoms. The summed E-state index contributed by atoms with van der Waals surface area (Å²) in [6.07, 6.45) is 0. The van der Waals surface area contributed by atoms with Crippen molar-refractivity contribution in [1.82, 2.24) is 0 Å². The third kappa shape index (κ3) is 1.52. The molecule has 1 unspecified atom stereocenters. The molecule has 86 valence electrons. The molecule has 0 radical (unpaired) electrons. The quantitative estimate of drug-likeness (QED) is 0.520. The van der Waals surface area contributed by atoms with Gasteiger partial charge in [0.25, 0.3) is 0 Å². The number of fused-ring (bicyclic) bond motifs is 2. The molecule has 1 atom stereocenters. The Balaban J connectivity index is 2.18. The summed E-state index contributed by atoms with van der Waals surface area (Å²) in [5.41, 5.74) is 1.49. The maximum atomic E-state index is 12.0. The average molecular weight is 246 g/mol. The Morgan fingerprint density at radius 1 is 1.29 bits per heavy atom. The lowest BCUT2D eigenvalue weighted by molar-refractivity contribution is -0.145. The molecule has 0 bridgehead atoms. The van der Waals surface area contributed by atoms with E-state index in [9.17, 15) is 9.59 Å². The zero-order valence-electron chi connectivity index (χ0n) is 9.23. The first kappa shape index (κ1) is 10.6. The third-order valence-electron chi connectivity index (χ3n) is 3.02. The van der Waals surface area contributed by atoms with E-state index in [1.54, 1.807) is 18.7 Å². The van der Waals surface area contributed by atoms with Gasteiger partial charge >= 0.3 is 5.97 Å². The number of carbonyl (C=O) groups is 2. The number of ether oxygens (including phenoxy) is 1. The number of ketones is 1. The van der Waals surface area contributed by atoms with E-state index >= 15 is 0 Å². The highest BCUT2D eigenvalue weighted by molar-refractivity contribution is 7.99. The normalized spacial score (nSPS) is 23.0. The van der Waals surface area contributed by atoms with E-state index in [-0.39, 0.29) is 5.78 Å². The number of hydrogen-bond acceptors (Lipinski definition) is 4. The minimum atomic E-state index is -0.667. The number of benzene rings is 1. The number of carbonyl (C=O) groups excluding carboxylic acids is 2. The zero-order valence-corrected chi connectivity index (χ0v) is 10.0. The summed E-state index contributed by atoms with van der Waals surface area (Å²) >= 11 is 1.61. The van der Waals surface area contributed by atoms with Gasteiger partial charge in [0.2, 0.25) is 0 Å². The van der Waals surface area contributed by atoms with Crippen molar-refractivity contribution in [1.29, 1.82) is 0 Å². The molecule has 0 amide bonds. The smallest absolute Gasteiger partial charge is 0.321 e. The van der Waals surface area contributed by atoms with Crippen molar-refractivity contribution in [3.63, 3.8) is 0 Å². The zero-order chi connectivity index (χ0) is 12.0. The van der Waals surface area contributed by atoms with Crippen LogP contribution in [0.15, 0.2) is 34.7 Å². The summed E-state index contributed by atoms with van der Waals surface area (Å²) in [5, 5.41) is 0. The largest absolute Gasteiger partial charge is 0.425 e. The Kier molecular flexibility index (Phi) is 2.33. The second-order valence-electron chi connectivity index (χ2n) is 4.10. The van der Waals surface area contributed by atoms with Crippen molar-refractivity contribution in [2.75, 3.05) is 5.75 Å². The fourth-order valence-electron chi connectivity index (χ4n) is 2.02. The van der Waals surface area contributed by atoms with E-state index in [1.807, 2.05) is 24.3 Å². The van der Waals surface area contributed by atoms with Crippen LogP contribution in [0, 0.1) is 5.92 Å². The van der Waals surface area contributed by atoms with Gasteiger partial charge in [-0.1, -0.05) is 18.2 Å². The first-order valence-electron chi connectivity index (χ1n) is 5.39. The van der Waals surface area contributed by atoms with E-state index in [2.05, 4.69) is 0 Å². The maximum Gasteiger partial charge on any atom is 0.321 e. The van der Waals surface area contributed by atoms with E-state index in [1.165, 1.54) is 0 Å². The van der Waals surface area contributed by atoms with Crippen LogP contribution >= 0.6 is 11.8 Å². The number of hydrogen-bond donors (Lipinski definition) is 0. The fraction of sp³-hybridized carbons (Fsp3) is 0.231. The molecule has 0 aromatic heterocycles. The van der Waals surface area contributed by atoms with Crippen LogP contribution in [0.1, 0.15) is 12.5 Å². The highest BCUT2D eigenvalue weighted by Crippen LogP contribution is 2.41. The fourth-order valence-corrected chi connectivity index (χ4v) is 3.08. The van der Waals surface area contributed by atoms with Crippen LogP contribution in [0.2, 0.25) is 0 Å². The molecule has 2 heterocycles. The van der Waals surface area contributed by atoms with Crippen LogP contribution in [0.3, 0.4) is 0 Å². The molecule has 0 spiro atoms. The van der Waals surface area contributed by atoms with Crippen molar-refractivity contribution in [3.05, 3.63) is 35.4 Å². The van der Waals surface area contributed by atoms with Crippen molar-refractivity contribution in [3.8, 4) is 0 Å². The van der Waals surface area contributed by atoms with E-state index in [4.69, 9.17) is 4.74 Å². The van der Waals surface area contributed by atoms with Crippen LogP contribution in [0.5, 0.6) is 0 Å². The maximum absolute atomic E-state index is 12.0. The van der Waals surface area contributed by atoms with Gasteiger partial charge in [0.05, 0.1) is 0 Å². The lowest BCUT2D eigenvalue weighted by Crippen LogP contribution is -2.32. The van der Waals surface area contributed by atoms with Crippen LogP contribution in [0.25, 0.3) is 5.76 Å². The SMILES string of the molecule is CC1C(=O)OC2=C(CSc3ccccc32)C1=O. The molecular formula is C13H10O3S. The number of esters is 1. The highest BCUT2D eigenvalue weighted by atomic mass is 32.2. The molecule has 2 aliphatic rings. The molecule has 0 saturated carbocycles. The molecule has 4 heteroatoms. The van der Waals surface area contributed by atoms with Gasteiger partial charge in [-0.3, -0.25) is 9.59 Å². The third-order valence-corrected chi connectivity index (χ3v) is 4.12. The molecule has 0 fully saturated rings. The van der Waals surface area contributed by atoms with E-state index in [0.29, 0.717) is 17.1 Å². The molecule has 2 aliphatic heterocycles. The van der Waals surface area contributed by atoms with Crippen LogP contribution in [-0.2, 0) is 14.3 Å².